The number of hydrogen-bond donors (Lipinski definition) is 0. The summed E-state index contributed by atoms with van der Waals surface area (Å²) in [4.78, 5) is 27.2. The molecule has 0 aliphatic heterocycles. The quantitative estimate of drug-likeness (QED) is 0.398. The molecule has 0 unspecified atom stereocenters. The molecule has 0 saturated carbocycles. The van der Waals surface area contributed by atoms with Crippen LogP contribution in [0.15, 0.2) is 41.6 Å². The fraction of sp³-hybridized carbons (Fsp3) is 0.235. The number of thioether (sulfide) groups is 1. The van der Waals surface area contributed by atoms with Crippen molar-refractivity contribution in [3.05, 3.63) is 47.7 Å². The van der Waals surface area contributed by atoms with Crippen molar-refractivity contribution in [2.75, 3.05) is 20.0 Å². The smallest absolute Gasteiger partial charge is 0.545 e. The van der Waals surface area contributed by atoms with Gasteiger partial charge in [0.2, 0.25) is 0 Å². The maximum absolute atomic E-state index is 12.2. The summed E-state index contributed by atoms with van der Waals surface area (Å²) in [7, 11) is 3.08. The van der Waals surface area contributed by atoms with Gasteiger partial charge in [-0.25, -0.2) is 4.98 Å². The molecule has 0 spiro atoms. The van der Waals surface area contributed by atoms with Gasteiger partial charge in [-0.2, -0.15) is 0 Å². The molecule has 0 saturated heterocycles. The number of carboxylic acids is 1. The number of pyridine rings is 1. The number of carbonyl (C=O) groups excluding carboxylic acids is 2. The third-order valence-corrected chi connectivity index (χ3v) is 4.30. The summed E-state index contributed by atoms with van der Waals surface area (Å²) in [6.07, 6.45) is 1.63. The van der Waals surface area contributed by atoms with Gasteiger partial charge in [0, 0.05) is 23.7 Å². The number of benzene rings is 1. The van der Waals surface area contributed by atoms with E-state index in [-0.39, 0.29) is 79.9 Å². The second-order valence-electron chi connectivity index (χ2n) is 4.83. The molecule has 0 radical (unpaired) electrons. The molecule has 0 bridgehead atoms. The van der Waals surface area contributed by atoms with Crippen LogP contribution in [0.3, 0.4) is 0 Å². The average molecular weight is 385 g/mol. The van der Waals surface area contributed by atoms with E-state index in [4.69, 9.17) is 9.47 Å². The molecular formula is C17H16KNO5S. The molecule has 0 amide bonds. The minimum Gasteiger partial charge on any atom is -0.545 e. The van der Waals surface area contributed by atoms with Crippen molar-refractivity contribution in [1.29, 1.82) is 0 Å². The van der Waals surface area contributed by atoms with Crippen molar-refractivity contribution < 1.29 is 75.6 Å². The Kier molecular flexibility index (Phi) is 9.69. The fourth-order valence-corrected chi connectivity index (χ4v) is 2.94. The van der Waals surface area contributed by atoms with E-state index in [9.17, 15) is 14.7 Å². The van der Waals surface area contributed by atoms with Crippen molar-refractivity contribution in [3.63, 3.8) is 0 Å². The average Bonchev–Trinajstić information content (AvgIpc) is 2.60. The monoisotopic (exact) mass is 385 g/mol. The van der Waals surface area contributed by atoms with E-state index in [0.717, 1.165) is 11.8 Å². The zero-order chi connectivity index (χ0) is 17.5. The maximum Gasteiger partial charge on any atom is 1.00 e. The predicted octanol–water partition coefficient (Wildman–Crippen LogP) is -1.63. The Hall–Kier alpha value is -0.904. The summed E-state index contributed by atoms with van der Waals surface area (Å²) in [6, 6.07) is 8.15. The molecule has 0 fully saturated rings. The number of aromatic carboxylic acids is 1. The van der Waals surface area contributed by atoms with Crippen LogP contribution in [0.2, 0.25) is 0 Å². The standard InChI is InChI=1S/C17H17NO5S.K/c1-22-13-5-6-15(23-2)11(9-13)8-12(19)10-24-16-14(17(20)21)4-3-7-18-16;/h3-7,9H,8,10H2,1-2H3,(H,20,21);/q;+1/p-1. The molecule has 2 aromatic rings. The van der Waals surface area contributed by atoms with Crippen LogP contribution in [0.1, 0.15) is 15.9 Å². The molecule has 0 aliphatic rings. The molecule has 0 aliphatic carbocycles. The normalized spacial score (nSPS) is 9.84. The number of carboxylic acid groups (broad SMARTS) is 1. The number of hydrogen-bond acceptors (Lipinski definition) is 7. The van der Waals surface area contributed by atoms with Gasteiger partial charge in [-0.3, -0.25) is 4.79 Å². The number of aromatic nitrogens is 1. The Balaban J connectivity index is 0.00000312. The van der Waals surface area contributed by atoms with Crippen LogP contribution in [0.4, 0.5) is 0 Å². The summed E-state index contributed by atoms with van der Waals surface area (Å²) >= 11 is 1.07. The summed E-state index contributed by atoms with van der Waals surface area (Å²) < 4.78 is 10.4. The zero-order valence-electron chi connectivity index (χ0n) is 14.3. The molecule has 0 N–H and O–H groups in total. The summed E-state index contributed by atoms with van der Waals surface area (Å²) in [5, 5.41) is 11.3. The maximum atomic E-state index is 12.2. The Labute approximate surface area is 192 Å². The van der Waals surface area contributed by atoms with E-state index >= 15 is 0 Å². The third-order valence-electron chi connectivity index (χ3n) is 3.24. The molecule has 126 valence electrons. The van der Waals surface area contributed by atoms with Crippen LogP contribution < -0.4 is 66.0 Å². The Morgan fingerprint density at radius 3 is 2.60 bits per heavy atom. The van der Waals surface area contributed by atoms with Crippen LogP contribution in [-0.2, 0) is 11.2 Å². The van der Waals surface area contributed by atoms with Gasteiger partial charge >= 0.3 is 51.4 Å². The van der Waals surface area contributed by atoms with Crippen molar-refractivity contribution in [3.8, 4) is 11.5 Å². The van der Waals surface area contributed by atoms with E-state index < -0.39 is 5.97 Å². The predicted molar refractivity (Wildman–Crippen MR) is 87.5 cm³/mol. The number of carbonyl (C=O) groups is 2. The van der Waals surface area contributed by atoms with Gasteiger partial charge in [-0.05, 0) is 30.3 Å². The van der Waals surface area contributed by atoms with Gasteiger partial charge in [0.1, 0.15) is 22.3 Å². The van der Waals surface area contributed by atoms with Crippen molar-refractivity contribution in [1.82, 2.24) is 4.98 Å². The molecule has 8 heteroatoms. The van der Waals surface area contributed by atoms with Gasteiger partial charge in [0.25, 0.3) is 0 Å². The topological polar surface area (TPSA) is 88.6 Å². The molecule has 1 aromatic carbocycles. The van der Waals surface area contributed by atoms with Gasteiger partial charge in [0.15, 0.2) is 0 Å². The van der Waals surface area contributed by atoms with Crippen LogP contribution in [0, 0.1) is 0 Å². The first kappa shape index (κ1) is 22.1. The minimum absolute atomic E-state index is 0. The van der Waals surface area contributed by atoms with Crippen molar-refractivity contribution >= 4 is 23.5 Å². The number of Topliss-reactive ketones (excluding diaryl/α,β-unsaturated/α-hetero) is 1. The molecule has 1 aromatic heterocycles. The minimum atomic E-state index is -1.31. The van der Waals surface area contributed by atoms with Gasteiger partial charge in [-0.15, -0.1) is 0 Å². The van der Waals surface area contributed by atoms with E-state index in [0.29, 0.717) is 17.1 Å². The summed E-state index contributed by atoms with van der Waals surface area (Å²) in [6.45, 7) is 0. The number of rotatable bonds is 8. The van der Waals surface area contributed by atoms with Crippen LogP contribution in [0.5, 0.6) is 11.5 Å². The van der Waals surface area contributed by atoms with Crippen molar-refractivity contribution in [2.24, 2.45) is 0 Å². The van der Waals surface area contributed by atoms with Gasteiger partial charge in [0.05, 0.1) is 25.9 Å². The Bertz CT molecular complexity index is 754. The summed E-state index contributed by atoms with van der Waals surface area (Å²) in [5.74, 6) is -0.0656. The first-order chi connectivity index (χ1) is 11.5. The number of ketones is 1. The van der Waals surface area contributed by atoms with Crippen molar-refractivity contribution in [2.45, 2.75) is 11.4 Å². The van der Waals surface area contributed by atoms with E-state index in [1.165, 1.54) is 25.4 Å². The second kappa shape index (κ2) is 10.9. The van der Waals surface area contributed by atoms with Crippen LogP contribution >= 0.6 is 11.8 Å². The molecule has 2 rings (SSSR count). The van der Waals surface area contributed by atoms with Gasteiger partial charge < -0.3 is 19.4 Å². The Morgan fingerprint density at radius 1 is 1.20 bits per heavy atom. The van der Waals surface area contributed by atoms with Crippen LogP contribution in [0.25, 0.3) is 0 Å². The molecule has 6 nitrogen and oxygen atoms in total. The third kappa shape index (κ3) is 6.39. The largest absolute Gasteiger partial charge is 1.00 e. The van der Waals surface area contributed by atoms with Crippen LogP contribution in [-0.4, -0.2) is 36.7 Å². The number of ether oxygens (including phenoxy) is 2. The second-order valence-corrected chi connectivity index (χ2v) is 5.79. The molecule has 25 heavy (non-hydrogen) atoms. The first-order valence-electron chi connectivity index (χ1n) is 7.07. The van der Waals surface area contributed by atoms with Gasteiger partial charge in [-0.1, -0.05) is 11.8 Å². The fourth-order valence-electron chi connectivity index (χ4n) is 2.09. The number of nitrogens with zero attached hydrogens (tertiary/aromatic N) is 1. The number of methoxy groups -OCH3 is 2. The first-order valence-corrected chi connectivity index (χ1v) is 8.05. The Morgan fingerprint density at radius 2 is 1.96 bits per heavy atom. The SMILES string of the molecule is COc1ccc(OC)c(CC(=O)CSc2ncccc2C(=O)[O-])c1.[K+]. The van der Waals surface area contributed by atoms with E-state index in [2.05, 4.69) is 4.98 Å². The summed E-state index contributed by atoms with van der Waals surface area (Å²) in [5.41, 5.74) is 0.692. The van der Waals surface area contributed by atoms with E-state index in [1.807, 2.05) is 0 Å². The molecule has 0 atom stereocenters. The van der Waals surface area contributed by atoms with E-state index in [1.54, 1.807) is 25.3 Å². The molecular weight excluding hydrogens is 369 g/mol. The molecule has 1 heterocycles. The zero-order valence-corrected chi connectivity index (χ0v) is 18.2.